The Hall–Kier alpha value is -3.54. The van der Waals surface area contributed by atoms with Crippen LogP contribution in [0.4, 0.5) is 10.1 Å². The third kappa shape index (κ3) is 4.51. The number of nitrogens with zero attached hydrogens (tertiary/aromatic N) is 1. The Kier molecular flexibility index (Phi) is 5.34. The van der Waals surface area contributed by atoms with Crippen LogP contribution in [0.1, 0.15) is 26.3 Å². The highest BCUT2D eigenvalue weighted by molar-refractivity contribution is 6.06. The lowest BCUT2D eigenvalue weighted by Gasteiger charge is -2.08. The van der Waals surface area contributed by atoms with Gasteiger partial charge in [-0.2, -0.15) is 0 Å². The molecule has 0 fully saturated rings. The SMILES string of the molecule is O=C(NCc1cccnc1)c1cccc(C(=O)Nc2cccc(F)c2)c1. The van der Waals surface area contributed by atoms with Crippen LogP contribution in [-0.2, 0) is 6.54 Å². The molecular formula is C20H16FN3O2. The molecule has 26 heavy (non-hydrogen) atoms. The average molecular weight is 349 g/mol. The number of rotatable bonds is 5. The summed E-state index contributed by atoms with van der Waals surface area (Å²) in [7, 11) is 0. The first kappa shape index (κ1) is 17.3. The number of carbonyl (C=O) groups is 2. The topological polar surface area (TPSA) is 71.1 Å². The second-order valence-electron chi connectivity index (χ2n) is 5.59. The molecule has 2 amide bonds. The molecule has 0 spiro atoms. The fourth-order valence-electron chi connectivity index (χ4n) is 2.36. The molecule has 0 bridgehead atoms. The normalized spacial score (nSPS) is 10.2. The van der Waals surface area contributed by atoms with Gasteiger partial charge in [0.1, 0.15) is 5.82 Å². The van der Waals surface area contributed by atoms with E-state index < -0.39 is 11.7 Å². The minimum absolute atomic E-state index is 0.297. The van der Waals surface area contributed by atoms with Crippen LogP contribution in [-0.4, -0.2) is 16.8 Å². The molecule has 0 saturated carbocycles. The number of nitrogens with one attached hydrogen (secondary N) is 2. The van der Waals surface area contributed by atoms with Gasteiger partial charge in [0.05, 0.1) is 0 Å². The molecule has 0 atom stereocenters. The van der Waals surface area contributed by atoms with Gasteiger partial charge in [-0.05, 0) is 48.0 Å². The van der Waals surface area contributed by atoms with Crippen LogP contribution in [0, 0.1) is 5.82 Å². The van der Waals surface area contributed by atoms with E-state index in [1.54, 1.807) is 42.7 Å². The zero-order valence-corrected chi connectivity index (χ0v) is 13.8. The summed E-state index contributed by atoms with van der Waals surface area (Å²) < 4.78 is 13.2. The number of amides is 2. The van der Waals surface area contributed by atoms with E-state index in [-0.39, 0.29) is 5.91 Å². The lowest BCUT2D eigenvalue weighted by molar-refractivity contribution is 0.0951. The smallest absolute Gasteiger partial charge is 0.255 e. The predicted molar refractivity (Wildman–Crippen MR) is 96.2 cm³/mol. The number of aromatic nitrogens is 1. The van der Waals surface area contributed by atoms with E-state index in [0.717, 1.165) is 5.56 Å². The van der Waals surface area contributed by atoms with Gasteiger partial charge in [0.25, 0.3) is 11.8 Å². The summed E-state index contributed by atoms with van der Waals surface area (Å²) in [5, 5.41) is 5.38. The first-order valence-corrected chi connectivity index (χ1v) is 7.96. The lowest BCUT2D eigenvalue weighted by Crippen LogP contribution is -2.23. The largest absolute Gasteiger partial charge is 0.348 e. The van der Waals surface area contributed by atoms with Crippen molar-refractivity contribution in [1.82, 2.24) is 10.3 Å². The highest BCUT2D eigenvalue weighted by Crippen LogP contribution is 2.12. The van der Waals surface area contributed by atoms with Gasteiger partial charge in [0.2, 0.25) is 0 Å². The molecule has 2 N–H and O–H groups in total. The third-order valence-electron chi connectivity index (χ3n) is 3.65. The number of halogens is 1. The van der Waals surface area contributed by atoms with Crippen LogP contribution < -0.4 is 10.6 Å². The highest BCUT2D eigenvalue weighted by Gasteiger charge is 2.11. The van der Waals surface area contributed by atoms with Crippen LogP contribution in [0.2, 0.25) is 0 Å². The molecule has 0 aliphatic carbocycles. The summed E-state index contributed by atoms with van der Waals surface area (Å²) in [6, 6.07) is 15.6. The number of pyridine rings is 1. The van der Waals surface area contributed by atoms with Crippen LogP contribution in [0.15, 0.2) is 73.1 Å². The quantitative estimate of drug-likeness (QED) is 0.742. The summed E-state index contributed by atoms with van der Waals surface area (Å²) >= 11 is 0. The van der Waals surface area contributed by atoms with Crippen LogP contribution in [0.25, 0.3) is 0 Å². The number of hydrogen-bond donors (Lipinski definition) is 2. The van der Waals surface area contributed by atoms with Gasteiger partial charge < -0.3 is 10.6 Å². The Labute approximate surface area is 149 Å². The van der Waals surface area contributed by atoms with E-state index in [0.29, 0.717) is 23.4 Å². The van der Waals surface area contributed by atoms with Gasteiger partial charge in [0.15, 0.2) is 0 Å². The average Bonchev–Trinajstić information content (AvgIpc) is 2.67. The Bertz CT molecular complexity index is 929. The van der Waals surface area contributed by atoms with E-state index in [4.69, 9.17) is 0 Å². The molecule has 0 radical (unpaired) electrons. The predicted octanol–water partition coefficient (Wildman–Crippen LogP) is 3.40. The van der Waals surface area contributed by atoms with Crippen molar-refractivity contribution < 1.29 is 14.0 Å². The minimum atomic E-state index is -0.439. The molecule has 130 valence electrons. The van der Waals surface area contributed by atoms with Gasteiger partial charge in [-0.1, -0.05) is 18.2 Å². The van der Waals surface area contributed by atoms with Crippen molar-refractivity contribution in [2.45, 2.75) is 6.54 Å². The van der Waals surface area contributed by atoms with E-state index in [9.17, 15) is 14.0 Å². The van der Waals surface area contributed by atoms with Gasteiger partial charge >= 0.3 is 0 Å². The molecule has 3 rings (SSSR count). The monoisotopic (exact) mass is 349 g/mol. The van der Waals surface area contributed by atoms with Crippen LogP contribution in [0.5, 0.6) is 0 Å². The van der Waals surface area contributed by atoms with Crippen molar-refractivity contribution >= 4 is 17.5 Å². The molecule has 5 nitrogen and oxygen atoms in total. The molecule has 0 unspecified atom stereocenters. The van der Waals surface area contributed by atoms with Gasteiger partial charge in [-0.3, -0.25) is 14.6 Å². The summed E-state index contributed by atoms with van der Waals surface area (Å²) in [5.74, 6) is -1.15. The number of benzene rings is 2. The van der Waals surface area contributed by atoms with Crippen molar-refractivity contribution in [2.75, 3.05) is 5.32 Å². The molecule has 6 heteroatoms. The fourth-order valence-corrected chi connectivity index (χ4v) is 2.36. The van der Waals surface area contributed by atoms with Crippen molar-refractivity contribution in [3.05, 3.63) is 95.6 Å². The molecule has 1 aromatic heterocycles. The highest BCUT2D eigenvalue weighted by atomic mass is 19.1. The van der Waals surface area contributed by atoms with Gasteiger partial charge in [0, 0.05) is 35.8 Å². The zero-order chi connectivity index (χ0) is 18.4. The third-order valence-corrected chi connectivity index (χ3v) is 3.65. The minimum Gasteiger partial charge on any atom is -0.348 e. The Balaban J connectivity index is 1.67. The first-order valence-electron chi connectivity index (χ1n) is 7.96. The Morgan fingerprint density at radius 2 is 1.69 bits per heavy atom. The van der Waals surface area contributed by atoms with Crippen LogP contribution >= 0.6 is 0 Å². The van der Waals surface area contributed by atoms with Crippen molar-refractivity contribution in [2.24, 2.45) is 0 Å². The molecular weight excluding hydrogens is 333 g/mol. The number of carbonyl (C=O) groups excluding carboxylic acids is 2. The van der Waals surface area contributed by atoms with Crippen molar-refractivity contribution in [3.63, 3.8) is 0 Å². The molecule has 0 aliphatic rings. The summed E-state index contributed by atoms with van der Waals surface area (Å²) in [6.07, 6.45) is 3.33. The second-order valence-corrected chi connectivity index (χ2v) is 5.59. The Morgan fingerprint density at radius 3 is 2.42 bits per heavy atom. The molecule has 1 heterocycles. The van der Waals surface area contributed by atoms with E-state index in [1.165, 1.54) is 24.3 Å². The fraction of sp³-hybridized carbons (Fsp3) is 0.0500. The molecule has 0 aliphatic heterocycles. The number of anilines is 1. The van der Waals surface area contributed by atoms with Gasteiger partial charge in [-0.15, -0.1) is 0 Å². The number of hydrogen-bond acceptors (Lipinski definition) is 3. The molecule has 2 aromatic carbocycles. The maximum atomic E-state index is 13.2. The molecule has 0 saturated heterocycles. The Morgan fingerprint density at radius 1 is 0.923 bits per heavy atom. The van der Waals surface area contributed by atoms with E-state index in [2.05, 4.69) is 15.6 Å². The van der Waals surface area contributed by atoms with E-state index in [1.807, 2.05) is 6.07 Å². The zero-order valence-electron chi connectivity index (χ0n) is 13.8. The van der Waals surface area contributed by atoms with Crippen molar-refractivity contribution in [1.29, 1.82) is 0 Å². The summed E-state index contributed by atoms with van der Waals surface area (Å²) in [6.45, 7) is 0.340. The van der Waals surface area contributed by atoms with Crippen molar-refractivity contribution in [3.8, 4) is 0 Å². The summed E-state index contributed by atoms with van der Waals surface area (Å²) in [5.41, 5.74) is 1.89. The maximum Gasteiger partial charge on any atom is 0.255 e. The second kappa shape index (κ2) is 8.02. The maximum absolute atomic E-state index is 13.2. The lowest BCUT2D eigenvalue weighted by atomic mass is 10.1. The van der Waals surface area contributed by atoms with Crippen LogP contribution in [0.3, 0.4) is 0 Å². The first-order chi connectivity index (χ1) is 12.6. The summed E-state index contributed by atoms with van der Waals surface area (Å²) in [4.78, 5) is 28.6. The standard InChI is InChI=1S/C20H16FN3O2/c21-17-7-2-8-18(11-17)24-20(26)16-6-1-5-15(10-16)19(25)23-13-14-4-3-9-22-12-14/h1-12H,13H2,(H,23,25)(H,24,26). The molecule has 3 aromatic rings. The van der Waals surface area contributed by atoms with E-state index >= 15 is 0 Å². The van der Waals surface area contributed by atoms with Gasteiger partial charge in [-0.25, -0.2) is 4.39 Å².